The van der Waals surface area contributed by atoms with Gasteiger partial charge in [0.1, 0.15) is 18.1 Å². The van der Waals surface area contributed by atoms with Gasteiger partial charge in [0.05, 0.1) is 36.7 Å². The first-order chi connectivity index (χ1) is 19.9. The quantitative estimate of drug-likeness (QED) is 0.348. The van der Waals surface area contributed by atoms with Gasteiger partial charge >= 0.3 is 0 Å². The molecule has 4 atom stereocenters. The van der Waals surface area contributed by atoms with Crippen molar-refractivity contribution in [1.29, 1.82) is 0 Å². The number of aliphatic hydroxyl groups excluding tert-OH is 1. The minimum atomic E-state index is -0.657. The summed E-state index contributed by atoms with van der Waals surface area (Å²) >= 11 is 0. The number of carbonyl (C=O) groups is 4. The molecule has 0 radical (unpaired) electrons. The van der Waals surface area contributed by atoms with E-state index < -0.39 is 23.7 Å². The summed E-state index contributed by atoms with van der Waals surface area (Å²) in [7, 11) is 0. The fraction of sp³-hybridized carbons (Fsp3) is 0.375. The lowest BCUT2D eigenvalue weighted by molar-refractivity contribution is -0.123. The minimum Gasteiger partial charge on any atom is -0.463 e. The van der Waals surface area contributed by atoms with Crippen molar-refractivity contribution in [2.24, 2.45) is 17.8 Å². The lowest BCUT2D eigenvalue weighted by Crippen LogP contribution is -2.39. The highest BCUT2D eigenvalue weighted by atomic mass is 16.5. The average Bonchev–Trinajstić information content (AvgIpc) is 3.57. The van der Waals surface area contributed by atoms with Crippen LogP contribution < -0.4 is 9.80 Å². The Morgan fingerprint density at radius 3 is 2.37 bits per heavy atom. The maximum atomic E-state index is 14.1. The molecular formula is C32H30N2O7. The molecule has 4 unspecified atom stereocenters. The van der Waals surface area contributed by atoms with Crippen molar-refractivity contribution in [2.75, 3.05) is 36.1 Å². The molecule has 9 heteroatoms. The Balaban J connectivity index is 1.25. The van der Waals surface area contributed by atoms with Crippen molar-refractivity contribution in [2.45, 2.75) is 32.3 Å². The van der Waals surface area contributed by atoms with Crippen LogP contribution in [0.3, 0.4) is 0 Å². The van der Waals surface area contributed by atoms with Crippen LogP contribution in [0.5, 0.6) is 0 Å². The fourth-order valence-corrected chi connectivity index (χ4v) is 7.23. The van der Waals surface area contributed by atoms with E-state index in [9.17, 15) is 24.3 Å². The molecule has 1 aromatic carbocycles. The van der Waals surface area contributed by atoms with Gasteiger partial charge in [-0.1, -0.05) is 11.6 Å². The number of rotatable bonds is 4. The highest BCUT2D eigenvalue weighted by Crippen LogP contribution is 2.55. The monoisotopic (exact) mass is 554 g/mol. The first kappa shape index (κ1) is 25.9. The van der Waals surface area contributed by atoms with Crippen molar-refractivity contribution >= 4 is 34.8 Å². The Labute approximate surface area is 236 Å². The van der Waals surface area contributed by atoms with Crippen molar-refractivity contribution in [1.82, 2.24) is 0 Å². The molecule has 0 spiro atoms. The lowest BCUT2D eigenvalue weighted by atomic mass is 9.60. The van der Waals surface area contributed by atoms with Crippen LogP contribution in [0.4, 0.5) is 11.4 Å². The zero-order valence-corrected chi connectivity index (χ0v) is 22.7. The number of ketones is 2. The Hall–Kier alpha value is -4.08. The van der Waals surface area contributed by atoms with Crippen molar-refractivity contribution in [3.05, 3.63) is 82.4 Å². The predicted octanol–water partition coefficient (Wildman–Crippen LogP) is 3.24. The number of ether oxygens (including phenoxy) is 1. The van der Waals surface area contributed by atoms with Gasteiger partial charge in [0.25, 0.3) is 0 Å². The van der Waals surface area contributed by atoms with Gasteiger partial charge in [-0.25, -0.2) is 0 Å². The maximum Gasteiger partial charge on any atom is 0.238 e. The summed E-state index contributed by atoms with van der Waals surface area (Å²) in [4.78, 5) is 58.0. The highest BCUT2D eigenvalue weighted by molar-refractivity contribution is 6.25. The number of benzene rings is 1. The summed E-state index contributed by atoms with van der Waals surface area (Å²) in [5.41, 5.74) is 3.48. The van der Waals surface area contributed by atoms with Crippen LogP contribution in [0.15, 0.2) is 75.3 Å². The summed E-state index contributed by atoms with van der Waals surface area (Å²) in [6.07, 6.45) is 3.89. The number of hydrogen-bond donors (Lipinski definition) is 1. The largest absolute Gasteiger partial charge is 0.463 e. The Kier molecular flexibility index (Phi) is 6.17. The number of allylic oxidation sites excluding steroid dienone is 6. The van der Waals surface area contributed by atoms with Crippen LogP contribution in [-0.4, -0.2) is 54.8 Å². The van der Waals surface area contributed by atoms with Crippen LogP contribution in [-0.2, 0) is 30.5 Å². The van der Waals surface area contributed by atoms with Gasteiger partial charge in [0.15, 0.2) is 11.6 Å². The second-order valence-electron chi connectivity index (χ2n) is 11.3. The predicted molar refractivity (Wildman–Crippen MR) is 148 cm³/mol. The maximum absolute atomic E-state index is 14.1. The molecule has 3 aliphatic carbocycles. The van der Waals surface area contributed by atoms with Crippen molar-refractivity contribution < 1.29 is 33.4 Å². The van der Waals surface area contributed by atoms with Crippen molar-refractivity contribution in [3.63, 3.8) is 0 Å². The normalized spacial score (nSPS) is 28.0. The van der Waals surface area contributed by atoms with Gasteiger partial charge in [0.2, 0.25) is 11.8 Å². The van der Waals surface area contributed by atoms with Crippen LogP contribution in [0, 0.1) is 17.8 Å². The molecule has 9 nitrogen and oxygen atoms in total. The molecule has 2 amide bonds. The molecule has 3 heterocycles. The molecule has 2 fully saturated rings. The molecule has 7 rings (SSSR count). The number of anilines is 2. The Bertz CT molecular complexity index is 1570. The number of carbonyl (C=O) groups excluding carboxylic acids is 4. The number of fused-ring (bicyclic) bond motifs is 3. The standard InChI is InChI=1S/C32H30N2O7/c1-17-14-25(36)28-24(30(17)37)15-23-21(29(28)26-9-6-20(16-35)41-26)7-8-22-27(23)32(39)34(31(22)38)19-4-2-18(3-5-19)33-10-12-40-13-11-33/h2-7,9,14,22-23,27,29,35H,8,10-13,15-16H2,1H3. The van der Waals surface area contributed by atoms with Gasteiger partial charge in [-0.2, -0.15) is 0 Å². The highest BCUT2D eigenvalue weighted by Gasteiger charge is 2.57. The van der Waals surface area contributed by atoms with E-state index in [1.54, 1.807) is 19.1 Å². The molecule has 2 saturated heterocycles. The van der Waals surface area contributed by atoms with Gasteiger partial charge in [-0.3, -0.25) is 24.1 Å². The summed E-state index contributed by atoms with van der Waals surface area (Å²) in [5, 5.41) is 9.61. The molecule has 0 bridgehead atoms. The van der Waals surface area contributed by atoms with E-state index in [1.807, 2.05) is 30.3 Å². The molecule has 2 aromatic rings. The van der Waals surface area contributed by atoms with Crippen LogP contribution in [0.25, 0.3) is 0 Å². The van der Waals surface area contributed by atoms with Gasteiger partial charge < -0.3 is 19.2 Å². The molecule has 5 aliphatic rings. The third-order valence-electron chi connectivity index (χ3n) is 9.17. The van der Waals surface area contributed by atoms with E-state index >= 15 is 0 Å². The molecule has 0 saturated carbocycles. The first-order valence-electron chi connectivity index (χ1n) is 14.1. The number of aliphatic hydroxyl groups is 1. The first-order valence-corrected chi connectivity index (χ1v) is 14.1. The van der Waals surface area contributed by atoms with Crippen LogP contribution in [0.2, 0.25) is 0 Å². The topological polar surface area (TPSA) is 117 Å². The van der Waals surface area contributed by atoms with E-state index in [0.29, 0.717) is 53.6 Å². The van der Waals surface area contributed by atoms with E-state index in [4.69, 9.17) is 9.15 Å². The number of amides is 2. The smallest absolute Gasteiger partial charge is 0.238 e. The summed E-state index contributed by atoms with van der Waals surface area (Å²) < 4.78 is 11.3. The number of furan rings is 1. The minimum absolute atomic E-state index is 0.213. The average molecular weight is 555 g/mol. The fourth-order valence-electron chi connectivity index (χ4n) is 7.23. The third-order valence-corrected chi connectivity index (χ3v) is 9.17. The summed E-state index contributed by atoms with van der Waals surface area (Å²) in [6, 6.07) is 10.8. The zero-order chi connectivity index (χ0) is 28.4. The van der Waals surface area contributed by atoms with E-state index in [2.05, 4.69) is 4.90 Å². The molecule has 41 heavy (non-hydrogen) atoms. The van der Waals surface area contributed by atoms with E-state index in [-0.39, 0.29) is 36.4 Å². The zero-order valence-electron chi connectivity index (χ0n) is 22.7. The number of hydrogen-bond acceptors (Lipinski definition) is 8. The second-order valence-corrected chi connectivity index (χ2v) is 11.3. The molecule has 2 aliphatic heterocycles. The Morgan fingerprint density at radius 1 is 0.927 bits per heavy atom. The molecular weight excluding hydrogens is 524 g/mol. The summed E-state index contributed by atoms with van der Waals surface area (Å²) in [5.74, 6) is -2.49. The van der Waals surface area contributed by atoms with Gasteiger partial charge in [0, 0.05) is 35.5 Å². The van der Waals surface area contributed by atoms with E-state index in [0.717, 1.165) is 24.4 Å². The Morgan fingerprint density at radius 2 is 1.66 bits per heavy atom. The van der Waals surface area contributed by atoms with Gasteiger partial charge in [-0.05, 0) is 68.2 Å². The molecule has 1 aromatic heterocycles. The number of imide groups is 1. The lowest BCUT2D eigenvalue weighted by Gasteiger charge is -2.41. The second kappa shape index (κ2) is 9.78. The van der Waals surface area contributed by atoms with Crippen LogP contribution in [0.1, 0.15) is 37.2 Å². The molecule has 1 N–H and O–H groups in total. The third kappa shape index (κ3) is 3.98. The van der Waals surface area contributed by atoms with Crippen molar-refractivity contribution in [3.8, 4) is 0 Å². The number of morpholine rings is 1. The summed E-state index contributed by atoms with van der Waals surface area (Å²) in [6.45, 7) is 4.21. The number of Topliss-reactive ketones (excluding diaryl/α,β-unsaturated/α-hetero) is 1. The van der Waals surface area contributed by atoms with Crippen LogP contribution >= 0.6 is 0 Å². The SMILES string of the molecule is CC1=CC(=O)C2=C(CC3C(=CCC4C(=O)N(c5ccc(N6CCOCC6)cc5)C(=O)C43)C2c2ccc(CO)o2)C1=O. The van der Waals surface area contributed by atoms with Gasteiger partial charge in [-0.15, -0.1) is 0 Å². The molecule has 210 valence electrons. The van der Waals surface area contributed by atoms with E-state index in [1.165, 1.54) is 11.0 Å². The number of nitrogens with zero attached hydrogens (tertiary/aromatic N) is 2.